The Morgan fingerprint density at radius 1 is 1.21 bits per heavy atom. The Morgan fingerprint density at radius 2 is 2.08 bits per heavy atom. The van der Waals surface area contributed by atoms with Crippen LogP contribution in [-0.2, 0) is 6.54 Å². The number of hydrogen-bond acceptors (Lipinski definition) is 2. The third-order valence-electron chi connectivity index (χ3n) is 4.23. The second kappa shape index (κ2) is 8.34. The molecule has 5 nitrogen and oxygen atoms in total. The minimum absolute atomic E-state index is 0.147. The van der Waals surface area contributed by atoms with E-state index in [1.54, 1.807) is 6.20 Å². The van der Waals surface area contributed by atoms with Crippen LogP contribution >= 0.6 is 0 Å². The number of amides is 2. The fourth-order valence-corrected chi connectivity index (χ4v) is 2.92. The van der Waals surface area contributed by atoms with Gasteiger partial charge in [-0.25, -0.2) is 4.79 Å². The van der Waals surface area contributed by atoms with Crippen molar-refractivity contribution < 1.29 is 4.79 Å². The zero-order valence-electron chi connectivity index (χ0n) is 13.9. The largest absolute Gasteiger partial charge is 0.338 e. The Morgan fingerprint density at radius 3 is 2.79 bits per heavy atom. The van der Waals surface area contributed by atoms with Crippen molar-refractivity contribution in [2.45, 2.75) is 38.6 Å². The molecule has 0 aliphatic heterocycles. The second-order valence-electron chi connectivity index (χ2n) is 6.14. The third-order valence-corrected chi connectivity index (χ3v) is 4.23. The Kier molecular flexibility index (Phi) is 5.66. The number of nitrogens with zero attached hydrogens (tertiary/aromatic N) is 2. The molecular weight excluding hydrogens is 300 g/mol. The minimum atomic E-state index is -0.147. The van der Waals surface area contributed by atoms with Crippen LogP contribution < -0.4 is 10.6 Å². The van der Waals surface area contributed by atoms with Crippen LogP contribution in [0.15, 0.2) is 54.4 Å². The summed E-state index contributed by atoms with van der Waals surface area (Å²) in [6.07, 6.45) is 11.9. The molecule has 2 aromatic rings. The summed E-state index contributed by atoms with van der Waals surface area (Å²) in [5, 5.41) is 9.99. The lowest BCUT2D eigenvalue weighted by molar-refractivity contribution is 0.252. The molecule has 1 heterocycles. The van der Waals surface area contributed by atoms with E-state index in [0.717, 1.165) is 24.2 Å². The highest BCUT2D eigenvalue weighted by Crippen LogP contribution is 2.19. The van der Waals surface area contributed by atoms with Crippen LogP contribution in [0.25, 0.3) is 0 Å². The Labute approximate surface area is 142 Å². The number of rotatable bonds is 6. The Hall–Kier alpha value is -2.56. The maximum Gasteiger partial charge on any atom is 0.319 e. The van der Waals surface area contributed by atoms with Crippen molar-refractivity contribution in [3.8, 4) is 0 Å². The molecule has 0 unspecified atom stereocenters. The molecule has 126 valence electrons. The zero-order chi connectivity index (χ0) is 16.6. The molecule has 1 aliphatic carbocycles. The number of nitrogens with one attached hydrogen (secondary N) is 2. The molecule has 2 N–H and O–H groups in total. The van der Waals surface area contributed by atoms with Gasteiger partial charge in [0.1, 0.15) is 0 Å². The first-order valence-electron chi connectivity index (χ1n) is 8.59. The number of hydrogen-bond donors (Lipinski definition) is 2. The summed E-state index contributed by atoms with van der Waals surface area (Å²) in [5.41, 5.74) is 3.42. The second-order valence-corrected chi connectivity index (χ2v) is 6.14. The number of carbonyl (C=O) groups is 1. The number of urea groups is 1. The van der Waals surface area contributed by atoms with Gasteiger partial charge >= 0.3 is 6.03 Å². The molecule has 0 fully saturated rings. The molecule has 0 spiro atoms. The smallest absolute Gasteiger partial charge is 0.319 e. The van der Waals surface area contributed by atoms with E-state index >= 15 is 0 Å². The number of allylic oxidation sites excluding steroid dienone is 1. The molecule has 0 bridgehead atoms. The van der Waals surface area contributed by atoms with Crippen LogP contribution in [-0.4, -0.2) is 22.4 Å². The first-order chi connectivity index (χ1) is 11.8. The highest BCUT2D eigenvalue weighted by molar-refractivity contribution is 5.89. The monoisotopic (exact) mass is 324 g/mol. The van der Waals surface area contributed by atoms with Gasteiger partial charge in [-0.3, -0.25) is 4.68 Å². The predicted octanol–water partition coefficient (Wildman–Crippen LogP) is 3.94. The summed E-state index contributed by atoms with van der Waals surface area (Å²) in [6, 6.07) is 9.61. The van der Waals surface area contributed by atoms with Crippen LogP contribution in [0.3, 0.4) is 0 Å². The van der Waals surface area contributed by atoms with Crippen LogP contribution in [0.1, 0.15) is 37.7 Å². The lowest BCUT2D eigenvalue weighted by atomic mass is 9.97. The van der Waals surface area contributed by atoms with E-state index in [9.17, 15) is 4.79 Å². The van der Waals surface area contributed by atoms with Crippen molar-refractivity contribution in [1.82, 2.24) is 15.1 Å². The van der Waals surface area contributed by atoms with Crippen LogP contribution in [0.4, 0.5) is 10.5 Å². The molecule has 0 atom stereocenters. The van der Waals surface area contributed by atoms with Gasteiger partial charge in [-0.2, -0.15) is 5.10 Å². The van der Waals surface area contributed by atoms with Crippen molar-refractivity contribution >= 4 is 11.7 Å². The zero-order valence-corrected chi connectivity index (χ0v) is 13.9. The van der Waals surface area contributed by atoms with E-state index in [-0.39, 0.29) is 6.03 Å². The van der Waals surface area contributed by atoms with Gasteiger partial charge in [0, 0.05) is 24.6 Å². The molecule has 3 rings (SSSR count). The lowest BCUT2D eigenvalue weighted by Crippen LogP contribution is -2.29. The number of aromatic nitrogens is 2. The molecule has 24 heavy (non-hydrogen) atoms. The Balaban J connectivity index is 1.41. The van der Waals surface area contributed by atoms with Gasteiger partial charge in [0.2, 0.25) is 0 Å². The first kappa shape index (κ1) is 16.3. The van der Waals surface area contributed by atoms with Crippen molar-refractivity contribution in [2.24, 2.45) is 0 Å². The SMILES string of the molecule is O=C(NCCC1=CCCCC1)Nc1ccc(Cn2cccn2)cc1. The Bertz CT molecular complexity index is 674. The van der Waals surface area contributed by atoms with E-state index in [1.807, 2.05) is 41.2 Å². The minimum Gasteiger partial charge on any atom is -0.338 e. The summed E-state index contributed by atoms with van der Waals surface area (Å²) in [6.45, 7) is 1.42. The van der Waals surface area contributed by atoms with Crippen molar-refractivity contribution in [1.29, 1.82) is 0 Å². The lowest BCUT2D eigenvalue weighted by Gasteiger charge is -2.13. The van der Waals surface area contributed by atoms with Gasteiger partial charge in [-0.05, 0) is 55.9 Å². The quantitative estimate of drug-likeness (QED) is 0.791. The van der Waals surface area contributed by atoms with Crippen molar-refractivity contribution in [2.75, 3.05) is 11.9 Å². The van der Waals surface area contributed by atoms with Gasteiger partial charge in [0.25, 0.3) is 0 Å². The van der Waals surface area contributed by atoms with Gasteiger partial charge in [-0.1, -0.05) is 23.8 Å². The predicted molar refractivity (Wildman–Crippen MR) is 96.0 cm³/mol. The summed E-state index contributed by atoms with van der Waals surface area (Å²) in [5.74, 6) is 0. The molecular formula is C19H24N4O. The number of anilines is 1. The molecule has 1 aliphatic rings. The summed E-state index contributed by atoms with van der Waals surface area (Å²) < 4.78 is 1.87. The average Bonchev–Trinajstić information content (AvgIpc) is 3.11. The fourth-order valence-electron chi connectivity index (χ4n) is 2.92. The van der Waals surface area contributed by atoms with E-state index in [4.69, 9.17) is 0 Å². The summed E-state index contributed by atoms with van der Waals surface area (Å²) in [7, 11) is 0. The maximum atomic E-state index is 11.9. The summed E-state index contributed by atoms with van der Waals surface area (Å²) >= 11 is 0. The van der Waals surface area contributed by atoms with Crippen molar-refractivity contribution in [3.05, 3.63) is 59.9 Å². The molecule has 0 saturated heterocycles. The fraction of sp³-hybridized carbons (Fsp3) is 0.368. The number of benzene rings is 1. The number of carbonyl (C=O) groups excluding carboxylic acids is 1. The van der Waals surface area contributed by atoms with Crippen LogP contribution in [0, 0.1) is 0 Å². The van der Waals surface area contributed by atoms with E-state index in [2.05, 4.69) is 21.8 Å². The van der Waals surface area contributed by atoms with Crippen LogP contribution in [0.5, 0.6) is 0 Å². The summed E-state index contributed by atoms with van der Waals surface area (Å²) in [4.78, 5) is 11.9. The van der Waals surface area contributed by atoms with Gasteiger partial charge < -0.3 is 10.6 Å². The van der Waals surface area contributed by atoms with Crippen LogP contribution in [0.2, 0.25) is 0 Å². The maximum absolute atomic E-state index is 11.9. The molecule has 1 aromatic carbocycles. The highest BCUT2D eigenvalue weighted by Gasteiger charge is 2.05. The van der Waals surface area contributed by atoms with Gasteiger partial charge in [0.05, 0.1) is 6.54 Å². The standard InChI is InChI=1S/C19H24N4O/c24-19(20-13-11-16-5-2-1-3-6-16)22-18-9-7-17(8-10-18)15-23-14-4-12-21-23/h4-5,7-10,12,14H,1-3,6,11,13,15H2,(H2,20,22,24). The first-order valence-corrected chi connectivity index (χ1v) is 8.59. The molecule has 1 aromatic heterocycles. The highest BCUT2D eigenvalue weighted by atomic mass is 16.2. The van der Waals surface area contributed by atoms with Crippen molar-refractivity contribution in [3.63, 3.8) is 0 Å². The van der Waals surface area contributed by atoms with Gasteiger partial charge in [0.15, 0.2) is 0 Å². The molecule has 5 heteroatoms. The third kappa shape index (κ3) is 4.98. The normalized spacial score (nSPS) is 14.1. The molecule has 2 amide bonds. The molecule has 0 saturated carbocycles. The molecule has 0 radical (unpaired) electrons. The average molecular weight is 324 g/mol. The van der Waals surface area contributed by atoms with Gasteiger partial charge in [-0.15, -0.1) is 0 Å². The van der Waals surface area contributed by atoms with E-state index in [1.165, 1.54) is 31.3 Å². The van der Waals surface area contributed by atoms with E-state index < -0.39 is 0 Å². The topological polar surface area (TPSA) is 59.0 Å². The van der Waals surface area contributed by atoms with E-state index in [0.29, 0.717) is 6.54 Å².